The Morgan fingerprint density at radius 1 is 1.24 bits per heavy atom. The van der Waals surface area contributed by atoms with Crippen molar-refractivity contribution in [3.63, 3.8) is 0 Å². The van der Waals surface area contributed by atoms with Gasteiger partial charge in [0.2, 0.25) is 11.8 Å². The van der Waals surface area contributed by atoms with Crippen LogP contribution in [0, 0.1) is 24.7 Å². The summed E-state index contributed by atoms with van der Waals surface area (Å²) in [5.41, 5.74) is 0.499. The standard InChI is InChI=1S/C36H50ClN3O8S/c1-19-11-10-12-21(3)36(45)18-27(46-34(44)38-36)22(4)31-35(7,48-31)30(47-33(43)24(6)39(8)28(41)13-14-49)23(5)32(42)40(9)26-17-25(15-19)16-20(2)29(26)37/h10-12,16-17,21-24,27,30-31,45,49H,13-15,18H2,1-9H3,(H,38,44)/b12-10+,19-11+/t21-,22-,23?,24+,27?,30+,31+,35+,36+/m1/s1. The molecule has 4 rings (SSSR count). The lowest BCUT2D eigenvalue weighted by Crippen LogP contribution is -2.60. The molecule has 9 atom stereocenters. The Balaban J connectivity index is 1.79. The van der Waals surface area contributed by atoms with Crippen LogP contribution in [0.3, 0.4) is 0 Å². The van der Waals surface area contributed by atoms with E-state index < -0.39 is 65.5 Å². The van der Waals surface area contributed by atoms with Crippen molar-refractivity contribution in [1.29, 1.82) is 0 Å². The van der Waals surface area contributed by atoms with Crippen LogP contribution in [0.1, 0.15) is 65.5 Å². The second-order valence-corrected chi connectivity index (χ2v) is 14.9. The molecule has 3 amide bonds. The van der Waals surface area contributed by atoms with Crippen LogP contribution in [0.25, 0.3) is 0 Å². The van der Waals surface area contributed by atoms with E-state index in [1.54, 1.807) is 27.8 Å². The van der Waals surface area contributed by atoms with Crippen LogP contribution in [0.5, 0.6) is 0 Å². The lowest BCUT2D eigenvalue weighted by molar-refractivity contribution is -0.165. The zero-order chi connectivity index (χ0) is 36.6. The van der Waals surface area contributed by atoms with Crippen molar-refractivity contribution < 1.29 is 38.5 Å². The molecule has 49 heavy (non-hydrogen) atoms. The number of carbonyl (C=O) groups excluding carboxylic acids is 4. The van der Waals surface area contributed by atoms with Gasteiger partial charge in [0.15, 0.2) is 0 Å². The number of allylic oxidation sites excluding steroid dienone is 3. The number of aryl methyl sites for hydroxylation is 1. The van der Waals surface area contributed by atoms with Crippen LogP contribution >= 0.6 is 24.2 Å². The zero-order valence-corrected chi connectivity index (χ0v) is 31.4. The minimum atomic E-state index is -1.60. The van der Waals surface area contributed by atoms with Gasteiger partial charge in [-0.2, -0.15) is 12.6 Å². The summed E-state index contributed by atoms with van der Waals surface area (Å²) < 4.78 is 18.1. The SMILES string of the molecule is C/C1=C\C=C\[C@@H](C)[C@@]2(O)CC(OC(=O)N2)[C@@H](C)[C@@H]2O[C@@]2(C)[C@@H](OC(=O)[C@H](C)N(C)C(=O)CCS)C(C)C(=O)N(C)c2cc(cc(C)c2Cl)C1. The van der Waals surface area contributed by atoms with Crippen molar-refractivity contribution in [2.45, 2.75) is 103 Å². The molecule has 1 aromatic rings. The number of hydrogen-bond donors (Lipinski definition) is 3. The topological polar surface area (TPSA) is 138 Å². The smallest absolute Gasteiger partial charge is 0.409 e. The Labute approximate surface area is 299 Å². The highest BCUT2D eigenvalue weighted by Gasteiger charge is 2.66. The highest BCUT2D eigenvalue weighted by Crippen LogP contribution is 2.50. The Morgan fingerprint density at radius 2 is 1.92 bits per heavy atom. The van der Waals surface area contributed by atoms with Crippen molar-refractivity contribution in [1.82, 2.24) is 10.2 Å². The van der Waals surface area contributed by atoms with Crippen molar-refractivity contribution in [2.24, 2.45) is 17.8 Å². The third-order valence-corrected chi connectivity index (χ3v) is 11.1. The zero-order valence-electron chi connectivity index (χ0n) is 29.8. The lowest BCUT2D eigenvalue weighted by Gasteiger charge is -2.42. The van der Waals surface area contributed by atoms with E-state index in [4.69, 9.17) is 25.8 Å². The van der Waals surface area contributed by atoms with Crippen molar-refractivity contribution in [3.8, 4) is 0 Å². The maximum Gasteiger partial charge on any atom is 0.409 e. The van der Waals surface area contributed by atoms with Crippen LogP contribution in [-0.2, 0) is 35.0 Å². The number of halogens is 1. The maximum atomic E-state index is 14.3. The number of rotatable bonds is 5. The van der Waals surface area contributed by atoms with Gasteiger partial charge in [0.05, 0.1) is 22.7 Å². The van der Waals surface area contributed by atoms with E-state index in [2.05, 4.69) is 17.9 Å². The molecular weight excluding hydrogens is 670 g/mol. The first-order chi connectivity index (χ1) is 22.8. The fourth-order valence-corrected chi connectivity index (χ4v) is 7.29. The molecule has 3 aliphatic heterocycles. The Kier molecular flexibility index (Phi) is 11.9. The van der Waals surface area contributed by atoms with E-state index >= 15 is 0 Å². The molecule has 0 aliphatic carbocycles. The third-order valence-electron chi connectivity index (χ3n) is 10.3. The maximum absolute atomic E-state index is 14.3. The number of epoxide rings is 1. The summed E-state index contributed by atoms with van der Waals surface area (Å²) in [4.78, 5) is 56.1. The molecule has 0 saturated carbocycles. The van der Waals surface area contributed by atoms with Gasteiger partial charge in [-0.25, -0.2) is 9.59 Å². The van der Waals surface area contributed by atoms with Crippen LogP contribution < -0.4 is 10.2 Å². The van der Waals surface area contributed by atoms with Gasteiger partial charge in [0.1, 0.15) is 29.6 Å². The van der Waals surface area contributed by atoms with Gasteiger partial charge in [0, 0.05) is 38.8 Å². The number of alkyl carbamates (subject to hydrolysis) is 1. The van der Waals surface area contributed by atoms with E-state index in [9.17, 15) is 24.3 Å². The first kappa shape index (κ1) is 38.7. The summed E-state index contributed by atoms with van der Waals surface area (Å²) in [6, 6.07) is 2.90. The molecular formula is C36H50ClN3O8S. The quantitative estimate of drug-likeness (QED) is 0.220. The molecule has 3 aliphatic rings. The molecule has 0 radical (unpaired) electrons. The Bertz CT molecular complexity index is 1540. The number of aliphatic hydroxyl groups is 1. The number of amides is 3. The lowest BCUT2D eigenvalue weighted by atomic mass is 9.80. The minimum absolute atomic E-state index is 0.0738. The first-order valence-corrected chi connectivity index (χ1v) is 17.7. The van der Waals surface area contributed by atoms with Crippen LogP contribution in [0.4, 0.5) is 10.5 Å². The molecule has 2 unspecified atom stereocenters. The van der Waals surface area contributed by atoms with E-state index in [1.807, 2.05) is 58.1 Å². The summed E-state index contributed by atoms with van der Waals surface area (Å²) in [7, 11) is 3.15. The first-order valence-electron chi connectivity index (χ1n) is 16.7. The molecule has 2 saturated heterocycles. The number of esters is 1. The largest absolute Gasteiger partial charge is 0.457 e. The average molecular weight is 720 g/mol. The highest BCUT2D eigenvalue weighted by molar-refractivity contribution is 7.80. The fourth-order valence-electron chi connectivity index (χ4n) is 6.86. The Hall–Kier alpha value is -3.06. The third kappa shape index (κ3) is 8.13. The van der Waals surface area contributed by atoms with Gasteiger partial charge in [-0.15, -0.1) is 0 Å². The van der Waals surface area contributed by atoms with Gasteiger partial charge in [-0.05, 0) is 64.0 Å². The number of ether oxygens (including phenoxy) is 3. The van der Waals surface area contributed by atoms with Gasteiger partial charge >= 0.3 is 12.1 Å². The van der Waals surface area contributed by atoms with E-state index in [0.717, 1.165) is 16.7 Å². The van der Waals surface area contributed by atoms with Crippen LogP contribution in [0.15, 0.2) is 35.9 Å². The fraction of sp³-hybridized carbons (Fsp3) is 0.611. The number of anilines is 1. The molecule has 1 aromatic carbocycles. The summed E-state index contributed by atoms with van der Waals surface area (Å²) in [5, 5.41) is 14.7. The number of nitrogens with zero attached hydrogens (tertiary/aromatic N) is 2. The average Bonchev–Trinajstić information content (AvgIpc) is 3.73. The molecule has 2 fully saturated rings. The molecule has 13 heteroatoms. The van der Waals surface area contributed by atoms with Crippen LogP contribution in [0.2, 0.25) is 5.02 Å². The molecule has 2 N–H and O–H groups in total. The monoisotopic (exact) mass is 719 g/mol. The van der Waals surface area contributed by atoms with Gasteiger partial charge in [-0.1, -0.05) is 55.3 Å². The highest BCUT2D eigenvalue weighted by atomic mass is 35.5. The second kappa shape index (κ2) is 15.0. The van der Waals surface area contributed by atoms with Crippen molar-refractivity contribution in [2.75, 3.05) is 24.7 Å². The predicted octanol–water partition coefficient (Wildman–Crippen LogP) is 5.00. The summed E-state index contributed by atoms with van der Waals surface area (Å²) in [6.45, 7) is 12.5. The Morgan fingerprint density at radius 3 is 2.57 bits per heavy atom. The minimum Gasteiger partial charge on any atom is -0.457 e. The van der Waals surface area contributed by atoms with Crippen molar-refractivity contribution >= 4 is 53.8 Å². The number of carbonyl (C=O) groups is 4. The number of benzene rings is 1. The van der Waals surface area contributed by atoms with Crippen LogP contribution in [-0.4, -0.2) is 89.4 Å². The van der Waals surface area contributed by atoms with Crippen molar-refractivity contribution in [3.05, 3.63) is 52.1 Å². The molecule has 270 valence electrons. The summed E-state index contributed by atoms with van der Waals surface area (Å²) >= 11 is 10.9. The molecule has 11 nitrogen and oxygen atoms in total. The van der Waals surface area contributed by atoms with E-state index in [-0.39, 0.29) is 24.7 Å². The number of thiol groups is 1. The summed E-state index contributed by atoms with van der Waals surface area (Å²) in [5.74, 6) is -2.88. The van der Waals surface area contributed by atoms with Gasteiger partial charge in [0.25, 0.3) is 0 Å². The predicted molar refractivity (Wildman–Crippen MR) is 191 cm³/mol. The number of likely N-dealkylation sites (N-methyl/N-ethyl adjacent to an activating group) is 1. The molecule has 3 heterocycles. The van der Waals surface area contributed by atoms with E-state index in [1.165, 1.54) is 16.8 Å². The van der Waals surface area contributed by atoms with Gasteiger partial charge < -0.3 is 29.1 Å². The number of nitrogens with one attached hydrogen (secondary N) is 1. The molecule has 0 spiro atoms. The normalized spacial score (nSPS) is 34.4. The van der Waals surface area contributed by atoms with Gasteiger partial charge in [-0.3, -0.25) is 14.9 Å². The summed E-state index contributed by atoms with van der Waals surface area (Å²) in [6.07, 6.45) is 3.20. The molecule has 0 aromatic heterocycles. The number of hydrogen-bond acceptors (Lipinski definition) is 9. The second-order valence-electron chi connectivity index (χ2n) is 14.1. The van der Waals surface area contributed by atoms with E-state index in [0.29, 0.717) is 22.9 Å². The molecule has 4 bridgehead atoms. The number of fused-ring (bicyclic) bond motifs is 5.